The van der Waals surface area contributed by atoms with Gasteiger partial charge in [-0.1, -0.05) is 0 Å². The Morgan fingerprint density at radius 2 is 2.00 bits per heavy atom. The van der Waals surface area contributed by atoms with Gasteiger partial charge in [0, 0.05) is 0 Å². The van der Waals surface area contributed by atoms with Gasteiger partial charge in [0.1, 0.15) is 6.61 Å². The Bertz CT molecular complexity index is 145. The number of hydrogen-bond acceptors (Lipinski definition) is 4. The van der Waals surface area contributed by atoms with Gasteiger partial charge < -0.3 is 15.9 Å². The average Bonchev–Trinajstić information content (AvgIpc) is 1.85. The van der Waals surface area contributed by atoms with E-state index in [1.807, 2.05) is 0 Å². The number of hydrogen-bond donors (Lipinski definition) is 3. The molecule has 0 aliphatic rings. The van der Waals surface area contributed by atoms with E-state index in [9.17, 15) is 9.59 Å². The molecule has 4 N–H and O–H groups in total. The lowest BCUT2D eigenvalue weighted by Crippen LogP contribution is -2.34. The summed E-state index contributed by atoms with van der Waals surface area (Å²) in [6.07, 6.45) is -0.431. The Morgan fingerprint density at radius 3 is 2.30 bits per heavy atom. The smallest absolute Gasteiger partial charge is 0.305 e. The fraction of sp³-hybridized carbons (Fsp3) is 0.600. The quantitative estimate of drug-likeness (QED) is 0.442. The Kier molecular flexibility index (Phi) is 3.60. The first-order valence-corrected chi connectivity index (χ1v) is 2.69. The second-order valence-electron chi connectivity index (χ2n) is 1.83. The summed E-state index contributed by atoms with van der Waals surface area (Å²) in [5.41, 5.74) is 5.04. The van der Waals surface area contributed by atoms with Crippen LogP contribution in [0.25, 0.3) is 0 Å². The lowest BCUT2D eigenvalue weighted by molar-refractivity contribution is -0.139. The predicted octanol–water partition coefficient (Wildman–Crippen LogP) is -1.65. The van der Waals surface area contributed by atoms with Crippen LogP contribution in [0.2, 0.25) is 0 Å². The number of carboxylic acid groups (broad SMARTS) is 1. The fourth-order valence-electron chi connectivity index (χ4n) is 0.419. The summed E-state index contributed by atoms with van der Waals surface area (Å²) in [6.45, 7) is -0.700. The van der Waals surface area contributed by atoms with Gasteiger partial charge in [-0.2, -0.15) is 0 Å². The van der Waals surface area contributed by atoms with E-state index < -0.39 is 30.8 Å². The third kappa shape index (κ3) is 3.16. The van der Waals surface area contributed by atoms with Crippen LogP contribution < -0.4 is 5.73 Å². The van der Waals surface area contributed by atoms with Gasteiger partial charge in [-0.05, 0) is 0 Å². The third-order valence-corrected chi connectivity index (χ3v) is 0.964. The molecule has 1 unspecified atom stereocenters. The normalized spacial score (nSPS) is 12.6. The summed E-state index contributed by atoms with van der Waals surface area (Å²) in [7, 11) is 0. The molecule has 5 heteroatoms. The Morgan fingerprint density at radius 1 is 1.50 bits per heavy atom. The number of carbonyl (C=O) groups excluding carboxylic acids is 1. The second kappa shape index (κ2) is 3.97. The monoisotopic (exact) mass is 147 g/mol. The molecule has 0 aromatic rings. The van der Waals surface area contributed by atoms with Crippen molar-refractivity contribution in [3.63, 3.8) is 0 Å². The largest absolute Gasteiger partial charge is 0.481 e. The lowest BCUT2D eigenvalue weighted by atomic mass is 10.1. The third-order valence-electron chi connectivity index (χ3n) is 0.964. The number of rotatable bonds is 4. The molecule has 1 atom stereocenters. The van der Waals surface area contributed by atoms with Gasteiger partial charge in [0.25, 0.3) is 0 Å². The maximum Gasteiger partial charge on any atom is 0.305 e. The van der Waals surface area contributed by atoms with Gasteiger partial charge in [0.05, 0.1) is 12.5 Å². The van der Waals surface area contributed by atoms with Crippen molar-refractivity contribution in [3.05, 3.63) is 0 Å². The molecule has 0 aromatic heterocycles. The Labute approximate surface area is 57.5 Å². The van der Waals surface area contributed by atoms with Crippen molar-refractivity contribution in [1.29, 1.82) is 0 Å². The maximum atomic E-state index is 10.4. The molecule has 58 valence electrons. The summed E-state index contributed by atoms with van der Waals surface area (Å²) in [6, 6.07) is -1.08. The van der Waals surface area contributed by atoms with Crippen LogP contribution in [-0.2, 0) is 9.59 Å². The molecular formula is C5H9NO4. The Balaban J connectivity index is 3.72. The number of aliphatic hydroxyl groups is 1. The summed E-state index contributed by atoms with van der Waals surface area (Å²) in [4.78, 5) is 20.3. The van der Waals surface area contributed by atoms with Crippen molar-refractivity contribution in [3.8, 4) is 0 Å². The average molecular weight is 147 g/mol. The number of Topliss-reactive ketones (excluding diaryl/α,β-unsaturated/α-hetero) is 1. The van der Waals surface area contributed by atoms with Crippen LogP contribution >= 0.6 is 0 Å². The van der Waals surface area contributed by atoms with Crippen LogP contribution in [0.1, 0.15) is 6.42 Å². The van der Waals surface area contributed by atoms with E-state index in [1.165, 1.54) is 0 Å². The van der Waals surface area contributed by atoms with Crippen LogP contribution in [0, 0.1) is 0 Å². The zero-order valence-electron chi connectivity index (χ0n) is 5.28. The highest BCUT2D eigenvalue weighted by atomic mass is 16.4. The number of carbonyl (C=O) groups is 2. The van der Waals surface area contributed by atoms with Crippen molar-refractivity contribution >= 4 is 11.8 Å². The second-order valence-corrected chi connectivity index (χ2v) is 1.83. The molecule has 0 amide bonds. The SMILES string of the molecule is NC(CC(=O)O)C(=O)CO. The van der Waals surface area contributed by atoms with Gasteiger partial charge >= 0.3 is 5.97 Å². The number of nitrogens with two attached hydrogens (primary N) is 1. The molecule has 0 saturated carbocycles. The van der Waals surface area contributed by atoms with Gasteiger partial charge in [0.15, 0.2) is 5.78 Å². The number of aliphatic carboxylic acids is 1. The van der Waals surface area contributed by atoms with Crippen molar-refractivity contribution in [1.82, 2.24) is 0 Å². The molecule has 0 aromatic carbocycles. The van der Waals surface area contributed by atoms with E-state index in [1.54, 1.807) is 0 Å². The Hall–Kier alpha value is -0.940. The van der Waals surface area contributed by atoms with Crippen LogP contribution in [0.15, 0.2) is 0 Å². The van der Waals surface area contributed by atoms with Crippen LogP contribution in [0.5, 0.6) is 0 Å². The van der Waals surface area contributed by atoms with E-state index in [0.717, 1.165) is 0 Å². The first-order chi connectivity index (χ1) is 4.57. The molecule has 0 saturated heterocycles. The standard InChI is InChI=1S/C5H9NO4/c6-3(1-5(9)10)4(8)2-7/h3,7H,1-2,6H2,(H,9,10). The summed E-state index contributed by atoms with van der Waals surface area (Å²) in [5.74, 6) is -1.79. The number of carboxylic acids is 1. The minimum atomic E-state index is -1.14. The van der Waals surface area contributed by atoms with Crippen LogP contribution in [0.3, 0.4) is 0 Å². The van der Waals surface area contributed by atoms with Gasteiger partial charge in [-0.15, -0.1) is 0 Å². The maximum absolute atomic E-state index is 10.4. The minimum absolute atomic E-state index is 0.431. The van der Waals surface area contributed by atoms with Crippen LogP contribution in [0.4, 0.5) is 0 Å². The lowest BCUT2D eigenvalue weighted by Gasteiger charge is -2.03. The molecule has 0 aliphatic carbocycles. The fourth-order valence-corrected chi connectivity index (χ4v) is 0.419. The van der Waals surface area contributed by atoms with Crippen molar-refractivity contribution in [2.45, 2.75) is 12.5 Å². The molecule has 0 heterocycles. The number of aliphatic hydroxyl groups excluding tert-OH is 1. The topological polar surface area (TPSA) is 101 Å². The van der Waals surface area contributed by atoms with Crippen molar-refractivity contribution in [2.24, 2.45) is 5.73 Å². The first-order valence-electron chi connectivity index (χ1n) is 2.69. The molecule has 0 bridgehead atoms. The van der Waals surface area contributed by atoms with E-state index in [4.69, 9.17) is 15.9 Å². The van der Waals surface area contributed by atoms with Crippen LogP contribution in [-0.4, -0.2) is 34.6 Å². The van der Waals surface area contributed by atoms with E-state index >= 15 is 0 Å². The number of ketones is 1. The van der Waals surface area contributed by atoms with Gasteiger partial charge in [0.2, 0.25) is 0 Å². The molecule has 0 fully saturated rings. The molecule has 0 spiro atoms. The molecule has 0 rings (SSSR count). The summed E-state index contributed by atoms with van der Waals surface area (Å²) in [5, 5.41) is 16.3. The zero-order valence-corrected chi connectivity index (χ0v) is 5.28. The highest BCUT2D eigenvalue weighted by Gasteiger charge is 2.14. The summed E-state index contributed by atoms with van der Waals surface area (Å²) >= 11 is 0. The van der Waals surface area contributed by atoms with E-state index in [-0.39, 0.29) is 0 Å². The highest BCUT2D eigenvalue weighted by Crippen LogP contribution is 1.88. The molecule has 0 aliphatic heterocycles. The molecular weight excluding hydrogens is 138 g/mol. The predicted molar refractivity (Wildman–Crippen MR) is 32.3 cm³/mol. The molecule has 10 heavy (non-hydrogen) atoms. The van der Waals surface area contributed by atoms with Gasteiger partial charge in [-0.25, -0.2) is 0 Å². The zero-order chi connectivity index (χ0) is 8.15. The van der Waals surface area contributed by atoms with Crippen molar-refractivity contribution in [2.75, 3.05) is 6.61 Å². The summed E-state index contributed by atoms with van der Waals surface area (Å²) < 4.78 is 0. The molecule has 5 nitrogen and oxygen atoms in total. The highest BCUT2D eigenvalue weighted by molar-refractivity contribution is 5.88. The van der Waals surface area contributed by atoms with Gasteiger partial charge in [-0.3, -0.25) is 9.59 Å². The molecule has 0 radical (unpaired) electrons. The first kappa shape index (κ1) is 9.06. The van der Waals surface area contributed by atoms with E-state index in [0.29, 0.717) is 0 Å². The minimum Gasteiger partial charge on any atom is -0.481 e. The van der Waals surface area contributed by atoms with E-state index in [2.05, 4.69) is 0 Å². The van der Waals surface area contributed by atoms with Crippen molar-refractivity contribution < 1.29 is 19.8 Å².